The van der Waals surface area contributed by atoms with Gasteiger partial charge in [-0.2, -0.15) is 23.0 Å². The van der Waals surface area contributed by atoms with Gasteiger partial charge in [0.15, 0.2) is 21.3 Å². The number of alkyl halides is 3. The van der Waals surface area contributed by atoms with Gasteiger partial charge in [0.2, 0.25) is 5.88 Å². The molecule has 1 saturated carbocycles. The van der Waals surface area contributed by atoms with Crippen LogP contribution in [0.5, 0.6) is 5.88 Å². The van der Waals surface area contributed by atoms with E-state index in [-0.39, 0.29) is 22.7 Å². The largest absolute Gasteiger partial charge is 0.473 e. The zero-order valence-corrected chi connectivity index (χ0v) is 15.2. The van der Waals surface area contributed by atoms with E-state index in [0.717, 1.165) is 30.0 Å². The first-order chi connectivity index (χ1) is 12.1. The molecule has 2 aromatic rings. The second kappa shape index (κ2) is 6.73. The average Bonchev–Trinajstić information content (AvgIpc) is 3.16. The number of hydrogen-bond donors (Lipinski definition) is 0. The minimum Gasteiger partial charge on any atom is -0.473 e. The summed E-state index contributed by atoms with van der Waals surface area (Å²) < 4.78 is 69.1. The van der Waals surface area contributed by atoms with Gasteiger partial charge in [-0.3, -0.25) is 0 Å². The lowest BCUT2D eigenvalue weighted by Crippen LogP contribution is -2.14. The number of aromatic nitrogens is 3. The number of sulfone groups is 1. The molecule has 2 aromatic heterocycles. The fraction of sp³-hybridized carbons (Fsp3) is 0.467. The molecule has 6 nitrogen and oxygen atoms in total. The van der Waals surface area contributed by atoms with E-state index >= 15 is 0 Å². The maximum Gasteiger partial charge on any atom is 0.436 e. The lowest BCUT2D eigenvalue weighted by atomic mass is 10.3. The predicted molar refractivity (Wildman–Crippen MR) is 87.4 cm³/mol. The average molecular weight is 410 g/mol. The maximum absolute atomic E-state index is 13.2. The molecule has 0 atom stereocenters. The molecule has 0 saturated heterocycles. The van der Waals surface area contributed by atoms with Crippen LogP contribution in [0.25, 0.3) is 5.82 Å². The van der Waals surface area contributed by atoms with Gasteiger partial charge in [0.25, 0.3) is 0 Å². The van der Waals surface area contributed by atoms with Crippen molar-refractivity contribution in [1.82, 2.24) is 14.8 Å². The quantitative estimate of drug-likeness (QED) is 0.770. The topological polar surface area (TPSA) is 74.1 Å². The van der Waals surface area contributed by atoms with Gasteiger partial charge >= 0.3 is 6.18 Å². The van der Waals surface area contributed by atoms with Crippen molar-refractivity contribution in [3.63, 3.8) is 0 Å². The molecule has 26 heavy (non-hydrogen) atoms. The highest BCUT2D eigenvalue weighted by molar-refractivity contribution is 7.90. The van der Waals surface area contributed by atoms with Gasteiger partial charge in [-0.25, -0.2) is 13.4 Å². The predicted octanol–water partition coefficient (Wildman–Crippen LogP) is 3.66. The van der Waals surface area contributed by atoms with Crippen LogP contribution in [0.2, 0.25) is 5.02 Å². The summed E-state index contributed by atoms with van der Waals surface area (Å²) in [5, 5.41) is 2.87. The first-order valence-electron chi connectivity index (χ1n) is 7.76. The van der Waals surface area contributed by atoms with Crippen LogP contribution in [0.3, 0.4) is 0 Å². The van der Waals surface area contributed by atoms with E-state index in [1.165, 1.54) is 12.1 Å². The standard InChI is InChI=1S/C15H15ClF3N3O3S/c1-26(23,24)10-6-7-11(20-8-10)22-14(25-9-4-2-3-5-9)12(16)13(21-22)15(17,18)19/h6-9H,2-5H2,1H3. The summed E-state index contributed by atoms with van der Waals surface area (Å²) >= 11 is 5.89. The van der Waals surface area contributed by atoms with Crippen molar-refractivity contribution in [2.75, 3.05) is 6.26 Å². The molecule has 0 unspecified atom stereocenters. The van der Waals surface area contributed by atoms with Crippen LogP contribution in [-0.4, -0.2) is 35.5 Å². The fourth-order valence-electron chi connectivity index (χ4n) is 2.70. The molecule has 0 spiro atoms. The second-order valence-electron chi connectivity index (χ2n) is 6.03. The zero-order valence-electron chi connectivity index (χ0n) is 13.6. The van der Waals surface area contributed by atoms with Gasteiger partial charge in [-0.05, 0) is 37.8 Å². The van der Waals surface area contributed by atoms with Crippen LogP contribution < -0.4 is 4.74 Å². The third-order valence-corrected chi connectivity index (χ3v) is 5.44. The Kier molecular flexibility index (Phi) is 4.91. The number of halogens is 4. The monoisotopic (exact) mass is 409 g/mol. The summed E-state index contributed by atoms with van der Waals surface area (Å²) in [5.41, 5.74) is -1.28. The highest BCUT2D eigenvalue weighted by Crippen LogP contribution is 2.41. The Hall–Kier alpha value is -1.81. The van der Waals surface area contributed by atoms with E-state index in [0.29, 0.717) is 12.8 Å². The van der Waals surface area contributed by atoms with E-state index in [1.54, 1.807) is 0 Å². The van der Waals surface area contributed by atoms with Crippen molar-refractivity contribution in [3.8, 4) is 11.7 Å². The van der Waals surface area contributed by atoms with Crippen LogP contribution in [0.15, 0.2) is 23.2 Å². The molecule has 0 amide bonds. The molecule has 0 bridgehead atoms. The molecule has 0 radical (unpaired) electrons. The Labute approximate surface area is 152 Å². The molecular weight excluding hydrogens is 395 g/mol. The summed E-state index contributed by atoms with van der Waals surface area (Å²) in [7, 11) is -3.49. The van der Waals surface area contributed by atoms with Crippen molar-refractivity contribution in [2.45, 2.75) is 42.9 Å². The van der Waals surface area contributed by atoms with Crippen molar-refractivity contribution in [1.29, 1.82) is 0 Å². The molecule has 1 aliphatic carbocycles. The molecule has 0 aliphatic heterocycles. The van der Waals surface area contributed by atoms with Crippen LogP contribution in [0, 0.1) is 0 Å². The Morgan fingerprint density at radius 1 is 1.27 bits per heavy atom. The van der Waals surface area contributed by atoms with Gasteiger partial charge < -0.3 is 4.74 Å². The minimum atomic E-state index is -4.76. The fourth-order valence-corrected chi connectivity index (χ4v) is 3.53. The van der Waals surface area contributed by atoms with Crippen molar-refractivity contribution >= 4 is 21.4 Å². The molecular formula is C15H15ClF3N3O3S. The lowest BCUT2D eigenvalue weighted by molar-refractivity contribution is -0.141. The minimum absolute atomic E-state index is 0.0252. The molecule has 142 valence electrons. The molecule has 1 fully saturated rings. The van der Waals surface area contributed by atoms with Crippen LogP contribution in [-0.2, 0) is 16.0 Å². The Morgan fingerprint density at radius 3 is 2.42 bits per heavy atom. The Bertz CT molecular complexity index is 905. The number of ether oxygens (including phenoxy) is 1. The summed E-state index contributed by atoms with van der Waals surface area (Å²) in [6, 6.07) is 2.49. The van der Waals surface area contributed by atoms with Gasteiger partial charge in [-0.15, -0.1) is 0 Å². The zero-order chi connectivity index (χ0) is 19.1. The number of pyridine rings is 1. The van der Waals surface area contributed by atoms with Crippen molar-refractivity contribution < 1.29 is 26.3 Å². The van der Waals surface area contributed by atoms with Crippen LogP contribution in [0.1, 0.15) is 31.4 Å². The molecule has 11 heteroatoms. The van der Waals surface area contributed by atoms with Gasteiger partial charge in [-0.1, -0.05) is 11.6 Å². The van der Waals surface area contributed by atoms with Crippen LogP contribution >= 0.6 is 11.6 Å². The van der Waals surface area contributed by atoms with Gasteiger partial charge in [0.1, 0.15) is 11.1 Å². The van der Waals surface area contributed by atoms with E-state index in [2.05, 4.69) is 10.1 Å². The molecule has 2 heterocycles. The summed E-state index contributed by atoms with van der Waals surface area (Å²) in [6.07, 6.45) is 0.306. The van der Waals surface area contributed by atoms with Crippen molar-refractivity contribution in [2.24, 2.45) is 0 Å². The van der Waals surface area contributed by atoms with Crippen molar-refractivity contribution in [3.05, 3.63) is 29.0 Å². The number of rotatable bonds is 4. The Morgan fingerprint density at radius 2 is 1.92 bits per heavy atom. The number of hydrogen-bond acceptors (Lipinski definition) is 5. The lowest BCUT2D eigenvalue weighted by Gasteiger charge is -2.14. The third kappa shape index (κ3) is 3.80. The van der Waals surface area contributed by atoms with E-state index in [1.807, 2.05) is 0 Å². The molecule has 3 rings (SSSR count). The molecule has 0 N–H and O–H groups in total. The van der Waals surface area contributed by atoms with Gasteiger partial charge in [0, 0.05) is 12.5 Å². The van der Waals surface area contributed by atoms with E-state index in [4.69, 9.17) is 16.3 Å². The second-order valence-corrected chi connectivity index (χ2v) is 8.42. The summed E-state index contributed by atoms with van der Waals surface area (Å²) in [5.74, 6) is -0.270. The first kappa shape index (κ1) is 19.0. The van der Waals surface area contributed by atoms with Crippen LogP contribution in [0.4, 0.5) is 13.2 Å². The normalized spacial score (nSPS) is 16.2. The van der Waals surface area contributed by atoms with E-state index < -0.39 is 26.7 Å². The SMILES string of the molecule is CS(=O)(=O)c1ccc(-n2nc(C(F)(F)F)c(Cl)c2OC2CCCC2)nc1. The highest BCUT2D eigenvalue weighted by Gasteiger charge is 2.40. The Balaban J connectivity index is 2.06. The highest BCUT2D eigenvalue weighted by atomic mass is 35.5. The first-order valence-corrected chi connectivity index (χ1v) is 10.0. The third-order valence-electron chi connectivity index (χ3n) is 4.00. The van der Waals surface area contributed by atoms with Gasteiger partial charge in [0.05, 0.1) is 4.90 Å². The smallest absolute Gasteiger partial charge is 0.436 e. The molecule has 1 aliphatic rings. The summed E-state index contributed by atoms with van der Waals surface area (Å²) in [6.45, 7) is 0. The van der Waals surface area contributed by atoms with E-state index in [9.17, 15) is 21.6 Å². The molecule has 0 aromatic carbocycles. The number of nitrogens with zero attached hydrogens (tertiary/aromatic N) is 3. The maximum atomic E-state index is 13.2. The summed E-state index contributed by atoms with van der Waals surface area (Å²) in [4.78, 5) is 3.84.